The van der Waals surface area contributed by atoms with Crippen LogP contribution in [0, 0.1) is 5.92 Å². The van der Waals surface area contributed by atoms with E-state index in [1.54, 1.807) is 12.1 Å². The largest absolute Gasteiger partial charge is 0.355 e. The van der Waals surface area contributed by atoms with E-state index in [0.29, 0.717) is 37.4 Å². The molecule has 2 aromatic carbocycles. The molecule has 6 nitrogen and oxygen atoms in total. The summed E-state index contributed by atoms with van der Waals surface area (Å²) in [6, 6.07) is 14.6. The molecule has 1 fully saturated rings. The molecule has 0 radical (unpaired) electrons. The Morgan fingerprint density at radius 1 is 1.16 bits per heavy atom. The lowest BCUT2D eigenvalue weighted by Crippen LogP contribution is -2.45. The summed E-state index contributed by atoms with van der Waals surface area (Å²) in [5.41, 5.74) is 2.07. The van der Waals surface area contributed by atoms with E-state index >= 15 is 0 Å². The van der Waals surface area contributed by atoms with Crippen LogP contribution in [0.5, 0.6) is 0 Å². The van der Waals surface area contributed by atoms with Crippen molar-refractivity contribution < 1.29 is 13.2 Å². The number of nitrogens with zero attached hydrogens (tertiary/aromatic N) is 2. The van der Waals surface area contributed by atoms with Crippen molar-refractivity contribution in [3.8, 4) is 0 Å². The molecular formula is C23H26ClN3O3S. The maximum Gasteiger partial charge on any atom is 0.243 e. The van der Waals surface area contributed by atoms with Crippen molar-refractivity contribution in [3.05, 3.63) is 65.3 Å². The zero-order chi connectivity index (χ0) is 22.0. The van der Waals surface area contributed by atoms with Gasteiger partial charge in [-0.15, -0.1) is 0 Å². The van der Waals surface area contributed by atoms with Crippen molar-refractivity contribution in [2.45, 2.75) is 24.2 Å². The first-order chi connectivity index (χ1) is 14.8. The van der Waals surface area contributed by atoms with Gasteiger partial charge in [-0.05, 0) is 61.2 Å². The molecule has 0 saturated carbocycles. The van der Waals surface area contributed by atoms with Gasteiger partial charge in [0.25, 0.3) is 0 Å². The Morgan fingerprint density at radius 3 is 2.71 bits per heavy atom. The topological polar surface area (TPSA) is 71.4 Å². The predicted molar refractivity (Wildman–Crippen MR) is 123 cm³/mol. The van der Waals surface area contributed by atoms with Crippen LogP contribution in [0.4, 0.5) is 0 Å². The molecular weight excluding hydrogens is 434 g/mol. The van der Waals surface area contributed by atoms with Gasteiger partial charge in [-0.3, -0.25) is 4.79 Å². The highest BCUT2D eigenvalue weighted by molar-refractivity contribution is 7.89. The molecule has 0 aliphatic carbocycles. The minimum absolute atomic E-state index is 0.0904. The number of carbonyl (C=O) groups excluding carboxylic acids is 1. The van der Waals surface area contributed by atoms with Gasteiger partial charge in [-0.1, -0.05) is 23.7 Å². The van der Waals surface area contributed by atoms with Crippen LogP contribution >= 0.6 is 11.6 Å². The monoisotopic (exact) mass is 459 g/mol. The minimum atomic E-state index is -3.65. The average Bonchev–Trinajstić information content (AvgIpc) is 3.15. The van der Waals surface area contributed by atoms with Gasteiger partial charge in [0, 0.05) is 48.8 Å². The molecule has 1 N–H and O–H groups in total. The number of hydrogen-bond donors (Lipinski definition) is 1. The lowest BCUT2D eigenvalue weighted by atomic mass is 9.99. The summed E-state index contributed by atoms with van der Waals surface area (Å²) < 4.78 is 29.8. The Bertz CT molecular complexity index is 1190. The molecule has 164 valence electrons. The van der Waals surface area contributed by atoms with E-state index in [9.17, 15) is 13.2 Å². The number of fused-ring (bicyclic) bond motifs is 1. The number of halogens is 1. The van der Waals surface area contributed by atoms with Gasteiger partial charge < -0.3 is 9.88 Å². The lowest BCUT2D eigenvalue weighted by molar-refractivity contribution is -0.126. The van der Waals surface area contributed by atoms with Crippen molar-refractivity contribution >= 4 is 38.4 Å². The fraction of sp³-hybridized carbons (Fsp3) is 0.348. The molecule has 2 heterocycles. The van der Waals surface area contributed by atoms with Crippen LogP contribution in [0.25, 0.3) is 10.9 Å². The summed E-state index contributed by atoms with van der Waals surface area (Å²) in [6.45, 7) is 1.15. The lowest BCUT2D eigenvalue weighted by Gasteiger charge is -2.31. The predicted octanol–water partition coefficient (Wildman–Crippen LogP) is 3.59. The number of carbonyl (C=O) groups is 1. The van der Waals surface area contributed by atoms with E-state index in [-0.39, 0.29) is 23.3 Å². The summed E-state index contributed by atoms with van der Waals surface area (Å²) in [4.78, 5) is 12.9. The van der Waals surface area contributed by atoms with Crippen LogP contribution in [-0.4, -0.2) is 42.8 Å². The third-order valence-electron chi connectivity index (χ3n) is 5.88. The summed E-state index contributed by atoms with van der Waals surface area (Å²) in [7, 11) is -1.72. The fourth-order valence-electron chi connectivity index (χ4n) is 4.07. The second-order valence-electron chi connectivity index (χ2n) is 8.02. The summed E-state index contributed by atoms with van der Waals surface area (Å²) in [5, 5.41) is 4.53. The van der Waals surface area contributed by atoms with E-state index in [1.165, 1.54) is 4.31 Å². The highest BCUT2D eigenvalue weighted by atomic mass is 35.5. The van der Waals surface area contributed by atoms with Gasteiger partial charge in [-0.2, -0.15) is 4.31 Å². The van der Waals surface area contributed by atoms with Crippen LogP contribution in [0.15, 0.2) is 59.6 Å². The molecule has 1 atom stereocenters. The van der Waals surface area contributed by atoms with Crippen molar-refractivity contribution in [2.75, 3.05) is 19.6 Å². The van der Waals surface area contributed by atoms with Crippen molar-refractivity contribution in [3.63, 3.8) is 0 Å². The molecule has 0 unspecified atom stereocenters. The smallest absolute Gasteiger partial charge is 0.243 e. The van der Waals surface area contributed by atoms with Gasteiger partial charge in [0.1, 0.15) is 0 Å². The molecule has 0 bridgehead atoms. The number of sulfonamides is 1. The van der Waals surface area contributed by atoms with Crippen LogP contribution in [0.2, 0.25) is 5.02 Å². The molecule has 4 rings (SSSR count). The molecule has 1 aliphatic rings. The Morgan fingerprint density at radius 2 is 1.94 bits per heavy atom. The molecule has 1 aromatic heterocycles. The standard InChI is InChI=1S/C23H26ClN3O3S/c1-26-14-11-18-15-21(8-9-22(18)26)31(29,30)27-13-2-3-19(16-27)23(28)25-12-10-17-4-6-20(24)7-5-17/h4-9,11,14-15,19H,2-3,10,12-13,16H2,1H3,(H,25,28)/t19-/m1/s1. The third kappa shape index (κ3) is 4.79. The molecule has 3 aromatic rings. The highest BCUT2D eigenvalue weighted by Gasteiger charge is 2.33. The second kappa shape index (κ2) is 9.02. The van der Waals surface area contributed by atoms with Crippen LogP contribution in [0.3, 0.4) is 0 Å². The first-order valence-electron chi connectivity index (χ1n) is 10.4. The molecule has 1 saturated heterocycles. The number of rotatable bonds is 6. The summed E-state index contributed by atoms with van der Waals surface area (Å²) >= 11 is 5.90. The maximum absolute atomic E-state index is 13.2. The third-order valence-corrected chi connectivity index (χ3v) is 7.99. The summed E-state index contributed by atoms with van der Waals surface area (Å²) in [5.74, 6) is -0.429. The Labute approximate surface area is 187 Å². The maximum atomic E-state index is 13.2. The van der Waals surface area contributed by atoms with Gasteiger partial charge in [-0.25, -0.2) is 8.42 Å². The molecule has 1 amide bonds. The van der Waals surface area contributed by atoms with Gasteiger partial charge in [0.15, 0.2) is 0 Å². The van der Waals surface area contributed by atoms with Gasteiger partial charge >= 0.3 is 0 Å². The zero-order valence-corrected chi connectivity index (χ0v) is 19.0. The van der Waals surface area contributed by atoms with Crippen molar-refractivity contribution in [1.29, 1.82) is 0 Å². The normalized spacial score (nSPS) is 17.7. The number of hydrogen-bond acceptors (Lipinski definition) is 3. The Hall–Kier alpha value is -2.35. The van der Waals surface area contributed by atoms with Gasteiger partial charge in [0.2, 0.25) is 15.9 Å². The van der Waals surface area contributed by atoms with E-state index in [2.05, 4.69) is 5.32 Å². The number of piperidine rings is 1. The van der Waals surface area contributed by atoms with E-state index in [4.69, 9.17) is 11.6 Å². The fourth-order valence-corrected chi connectivity index (χ4v) is 5.76. The highest BCUT2D eigenvalue weighted by Crippen LogP contribution is 2.26. The van der Waals surface area contributed by atoms with E-state index in [1.807, 2.05) is 54.2 Å². The molecule has 0 spiro atoms. The molecule has 8 heteroatoms. The number of aromatic nitrogens is 1. The quantitative estimate of drug-likeness (QED) is 0.612. The van der Waals surface area contributed by atoms with Crippen LogP contribution in [-0.2, 0) is 28.3 Å². The van der Waals surface area contributed by atoms with Gasteiger partial charge in [0.05, 0.1) is 10.8 Å². The van der Waals surface area contributed by atoms with E-state index in [0.717, 1.165) is 16.5 Å². The first kappa shape index (κ1) is 21.9. The van der Waals surface area contributed by atoms with Crippen molar-refractivity contribution in [1.82, 2.24) is 14.2 Å². The number of nitrogens with one attached hydrogen (secondary N) is 1. The number of aryl methyl sites for hydroxylation is 1. The minimum Gasteiger partial charge on any atom is -0.355 e. The SMILES string of the molecule is Cn1ccc2cc(S(=O)(=O)N3CCC[C@@H](C(=O)NCCc4ccc(Cl)cc4)C3)ccc21. The zero-order valence-electron chi connectivity index (χ0n) is 17.4. The Balaban J connectivity index is 1.39. The van der Waals surface area contributed by atoms with Crippen molar-refractivity contribution in [2.24, 2.45) is 13.0 Å². The molecule has 1 aliphatic heterocycles. The first-order valence-corrected chi connectivity index (χ1v) is 12.2. The molecule has 31 heavy (non-hydrogen) atoms. The summed E-state index contributed by atoms with van der Waals surface area (Å²) in [6.07, 6.45) is 3.97. The van der Waals surface area contributed by atoms with Crippen LogP contribution in [0.1, 0.15) is 18.4 Å². The average molecular weight is 460 g/mol. The second-order valence-corrected chi connectivity index (χ2v) is 10.4. The van der Waals surface area contributed by atoms with E-state index < -0.39 is 10.0 Å². The number of amides is 1. The number of benzene rings is 2. The van der Waals surface area contributed by atoms with Crippen LogP contribution < -0.4 is 5.32 Å². The Kier molecular flexibility index (Phi) is 6.36.